The first-order valence-corrected chi connectivity index (χ1v) is 11.4. The van der Waals surface area contributed by atoms with Crippen molar-refractivity contribution in [2.75, 3.05) is 11.9 Å². The van der Waals surface area contributed by atoms with Gasteiger partial charge in [-0.25, -0.2) is 4.98 Å². The number of Topliss-reactive ketones (excluding diaryl/α,β-unsaturated/α-hetero) is 1. The van der Waals surface area contributed by atoms with E-state index in [0.717, 1.165) is 10.6 Å². The Kier molecular flexibility index (Phi) is 5.60. The fourth-order valence-corrected chi connectivity index (χ4v) is 4.92. The number of carbonyl (C=O) groups is 3. The predicted molar refractivity (Wildman–Crippen MR) is 119 cm³/mol. The Bertz CT molecular complexity index is 1060. The Hall–Kier alpha value is -2.74. The molecule has 2 amide bonds. The fourth-order valence-electron chi connectivity index (χ4n) is 3.90. The molecule has 0 atom stereocenters. The smallest absolute Gasteiger partial charge is 0.257 e. The topological polar surface area (TPSA) is 88.6 Å². The van der Waals surface area contributed by atoms with Crippen LogP contribution in [0.5, 0.6) is 5.75 Å². The third-order valence-corrected chi connectivity index (χ3v) is 6.40. The van der Waals surface area contributed by atoms with E-state index in [1.54, 1.807) is 18.2 Å². The number of benzene rings is 1. The van der Waals surface area contributed by atoms with Gasteiger partial charge in [0.25, 0.3) is 5.91 Å². The van der Waals surface area contributed by atoms with Gasteiger partial charge >= 0.3 is 0 Å². The fraction of sp³-hybridized carbons (Fsp3) is 0.478. The Morgan fingerprint density at radius 2 is 2.10 bits per heavy atom. The number of amides is 2. The second kappa shape index (κ2) is 8.07. The third kappa shape index (κ3) is 4.63. The number of carbonyl (C=O) groups excluding carboxylic acids is 3. The molecule has 8 heteroatoms. The third-order valence-electron chi connectivity index (χ3n) is 5.40. The normalized spacial score (nSPS) is 17.1. The van der Waals surface area contributed by atoms with Gasteiger partial charge in [0, 0.05) is 29.8 Å². The summed E-state index contributed by atoms with van der Waals surface area (Å²) in [5.41, 5.74) is 1.21. The molecule has 31 heavy (non-hydrogen) atoms. The van der Waals surface area contributed by atoms with Gasteiger partial charge in [0.1, 0.15) is 11.4 Å². The molecule has 0 bridgehead atoms. The number of ether oxygens (including phenoxy) is 1. The molecule has 0 aliphatic carbocycles. The van der Waals surface area contributed by atoms with Crippen molar-refractivity contribution in [2.24, 2.45) is 5.92 Å². The Labute approximate surface area is 185 Å². The monoisotopic (exact) mass is 441 g/mol. The molecule has 164 valence electrons. The van der Waals surface area contributed by atoms with Crippen molar-refractivity contribution < 1.29 is 19.1 Å². The van der Waals surface area contributed by atoms with Gasteiger partial charge in [-0.1, -0.05) is 25.2 Å². The van der Waals surface area contributed by atoms with E-state index >= 15 is 0 Å². The van der Waals surface area contributed by atoms with Crippen LogP contribution in [0.15, 0.2) is 18.2 Å². The SMILES string of the molecule is CC(C)CC(=O)N1CCc2nc(NC(=O)c3ccc4c(c3)C(=O)CC(C)(C)O4)sc2C1. The van der Waals surface area contributed by atoms with E-state index in [1.807, 2.05) is 32.6 Å². The molecule has 1 aromatic heterocycles. The molecule has 1 aromatic carbocycles. The van der Waals surface area contributed by atoms with Crippen molar-refractivity contribution in [1.82, 2.24) is 9.88 Å². The number of fused-ring (bicyclic) bond motifs is 2. The largest absolute Gasteiger partial charge is 0.487 e. The highest BCUT2D eigenvalue weighted by molar-refractivity contribution is 7.15. The standard InChI is InChI=1S/C23H27N3O4S/c1-13(2)9-20(28)26-8-7-16-19(12-26)31-22(24-16)25-21(29)14-5-6-18-15(10-14)17(27)11-23(3,4)30-18/h5-6,10,13H,7-9,11-12H2,1-4H3,(H,24,25,29). The first-order valence-electron chi connectivity index (χ1n) is 10.6. The van der Waals surface area contributed by atoms with E-state index < -0.39 is 5.60 Å². The number of ketones is 1. The van der Waals surface area contributed by atoms with Gasteiger partial charge in [-0.15, -0.1) is 0 Å². The van der Waals surface area contributed by atoms with Crippen molar-refractivity contribution in [3.8, 4) is 5.75 Å². The van der Waals surface area contributed by atoms with Crippen molar-refractivity contribution in [2.45, 2.75) is 59.1 Å². The Morgan fingerprint density at radius 3 is 2.84 bits per heavy atom. The van der Waals surface area contributed by atoms with E-state index in [-0.39, 0.29) is 24.0 Å². The summed E-state index contributed by atoms with van der Waals surface area (Å²) in [4.78, 5) is 45.0. The number of aromatic nitrogens is 1. The van der Waals surface area contributed by atoms with E-state index in [4.69, 9.17) is 4.74 Å². The number of thiazole rings is 1. The summed E-state index contributed by atoms with van der Waals surface area (Å²) >= 11 is 1.40. The van der Waals surface area contributed by atoms with E-state index in [0.29, 0.717) is 53.9 Å². The zero-order valence-corrected chi connectivity index (χ0v) is 19.1. The van der Waals surface area contributed by atoms with Gasteiger partial charge in [-0.05, 0) is 38.0 Å². The van der Waals surface area contributed by atoms with Crippen molar-refractivity contribution in [1.29, 1.82) is 0 Å². The maximum absolute atomic E-state index is 12.8. The van der Waals surface area contributed by atoms with Gasteiger partial charge in [0.2, 0.25) is 5.91 Å². The second-order valence-corrected chi connectivity index (χ2v) is 10.3. The molecule has 0 saturated carbocycles. The summed E-state index contributed by atoms with van der Waals surface area (Å²) in [5.74, 6) is 0.638. The highest BCUT2D eigenvalue weighted by Gasteiger charge is 2.33. The number of anilines is 1. The summed E-state index contributed by atoms with van der Waals surface area (Å²) in [6.45, 7) is 9.00. The summed E-state index contributed by atoms with van der Waals surface area (Å²) in [5, 5.41) is 3.35. The number of nitrogens with one attached hydrogen (secondary N) is 1. The minimum absolute atomic E-state index is 0.0308. The number of hydrogen-bond donors (Lipinski definition) is 1. The molecular weight excluding hydrogens is 414 g/mol. The zero-order chi connectivity index (χ0) is 22.3. The minimum Gasteiger partial charge on any atom is -0.487 e. The number of nitrogens with zero attached hydrogens (tertiary/aromatic N) is 2. The molecule has 7 nitrogen and oxygen atoms in total. The van der Waals surface area contributed by atoms with Crippen molar-refractivity contribution in [3.63, 3.8) is 0 Å². The van der Waals surface area contributed by atoms with Crippen LogP contribution in [0.4, 0.5) is 5.13 Å². The van der Waals surface area contributed by atoms with E-state index in [1.165, 1.54) is 11.3 Å². The molecule has 0 radical (unpaired) electrons. The minimum atomic E-state index is -0.543. The van der Waals surface area contributed by atoms with Crippen molar-refractivity contribution in [3.05, 3.63) is 39.9 Å². The van der Waals surface area contributed by atoms with E-state index in [2.05, 4.69) is 10.3 Å². The predicted octanol–water partition coefficient (Wildman–Crippen LogP) is 4.07. The highest BCUT2D eigenvalue weighted by atomic mass is 32.1. The van der Waals surface area contributed by atoms with Crippen LogP contribution in [0.2, 0.25) is 0 Å². The molecule has 0 spiro atoms. The molecule has 0 fully saturated rings. The van der Waals surface area contributed by atoms with Crippen LogP contribution in [-0.4, -0.2) is 39.6 Å². The van der Waals surface area contributed by atoms with Crippen LogP contribution >= 0.6 is 11.3 Å². The molecule has 0 unspecified atom stereocenters. The summed E-state index contributed by atoms with van der Waals surface area (Å²) in [7, 11) is 0. The Balaban J connectivity index is 1.46. The molecule has 1 N–H and O–H groups in total. The molecule has 3 heterocycles. The lowest BCUT2D eigenvalue weighted by molar-refractivity contribution is -0.132. The van der Waals surface area contributed by atoms with Crippen LogP contribution in [0.25, 0.3) is 0 Å². The molecule has 2 aliphatic heterocycles. The molecule has 2 aliphatic rings. The maximum Gasteiger partial charge on any atom is 0.257 e. The second-order valence-electron chi connectivity index (χ2n) is 9.18. The first kappa shape index (κ1) is 21.5. The number of hydrogen-bond acceptors (Lipinski definition) is 6. The summed E-state index contributed by atoms with van der Waals surface area (Å²) < 4.78 is 5.86. The van der Waals surface area contributed by atoms with Gasteiger partial charge < -0.3 is 9.64 Å². The quantitative estimate of drug-likeness (QED) is 0.773. The van der Waals surface area contributed by atoms with E-state index in [9.17, 15) is 14.4 Å². The summed E-state index contributed by atoms with van der Waals surface area (Å²) in [6.07, 6.45) is 1.50. The average Bonchev–Trinajstić information content (AvgIpc) is 3.07. The molecule has 4 rings (SSSR count). The van der Waals surface area contributed by atoms with Crippen molar-refractivity contribution >= 4 is 34.1 Å². The average molecular weight is 442 g/mol. The molecular formula is C23H27N3O4S. The lowest BCUT2D eigenvalue weighted by Gasteiger charge is -2.31. The lowest BCUT2D eigenvalue weighted by Crippen LogP contribution is -2.36. The Morgan fingerprint density at radius 1 is 1.32 bits per heavy atom. The highest BCUT2D eigenvalue weighted by Crippen LogP contribution is 2.34. The number of rotatable bonds is 4. The van der Waals surface area contributed by atoms with Crippen LogP contribution in [0, 0.1) is 5.92 Å². The van der Waals surface area contributed by atoms with Gasteiger partial charge in [0.15, 0.2) is 10.9 Å². The van der Waals surface area contributed by atoms with Crippen LogP contribution < -0.4 is 10.1 Å². The molecule has 2 aromatic rings. The van der Waals surface area contributed by atoms with Gasteiger partial charge in [0.05, 0.1) is 24.2 Å². The first-order chi connectivity index (χ1) is 14.6. The molecule has 0 saturated heterocycles. The van der Waals surface area contributed by atoms with Crippen LogP contribution in [0.3, 0.4) is 0 Å². The van der Waals surface area contributed by atoms with Gasteiger partial charge in [-0.3, -0.25) is 19.7 Å². The van der Waals surface area contributed by atoms with Gasteiger partial charge in [-0.2, -0.15) is 0 Å². The lowest BCUT2D eigenvalue weighted by atomic mass is 9.92. The van der Waals surface area contributed by atoms with Crippen LogP contribution in [0.1, 0.15) is 71.8 Å². The summed E-state index contributed by atoms with van der Waals surface area (Å²) in [6, 6.07) is 4.92. The zero-order valence-electron chi connectivity index (χ0n) is 18.3. The van der Waals surface area contributed by atoms with Crippen LogP contribution in [-0.2, 0) is 17.8 Å². The maximum atomic E-state index is 12.8.